The Balaban J connectivity index is 2.08. The number of hydrogen-bond donors (Lipinski definition) is 0. The molecule has 2 heterocycles. The molecular weight excluding hydrogens is 411 g/mol. The largest absolute Gasteiger partial charge is 0.544 e. The normalized spacial score (nSPS) is 23.4. The van der Waals surface area contributed by atoms with E-state index >= 15 is 0 Å². The lowest BCUT2D eigenvalue weighted by Crippen LogP contribution is -2.42. The summed E-state index contributed by atoms with van der Waals surface area (Å²) < 4.78 is 8.43. The van der Waals surface area contributed by atoms with E-state index in [9.17, 15) is 4.79 Å². The highest BCUT2D eigenvalue weighted by molar-refractivity contribution is 7.62. The third kappa shape index (κ3) is 4.15. The van der Waals surface area contributed by atoms with Crippen LogP contribution < -0.4 is 0 Å². The van der Waals surface area contributed by atoms with Crippen molar-refractivity contribution >= 4 is 28.0 Å². The van der Waals surface area contributed by atoms with Gasteiger partial charge in [-0.05, 0) is 37.2 Å². The Morgan fingerprint density at radius 2 is 1.70 bits per heavy atom. The van der Waals surface area contributed by atoms with E-state index in [1.54, 1.807) is 4.78 Å². The summed E-state index contributed by atoms with van der Waals surface area (Å²) in [6.07, 6.45) is 0. The van der Waals surface area contributed by atoms with Gasteiger partial charge in [0.2, 0.25) is 8.32 Å². The van der Waals surface area contributed by atoms with Gasteiger partial charge in [-0.2, -0.15) is 15.0 Å². The second kappa shape index (κ2) is 7.68. The predicted molar refractivity (Wildman–Crippen MR) is 126 cm³/mol. The first-order chi connectivity index (χ1) is 13.7. The molecule has 6 nitrogen and oxygen atoms in total. The summed E-state index contributed by atoms with van der Waals surface area (Å²) in [7, 11) is -3.30. The molecule has 0 bridgehead atoms. The lowest BCUT2D eigenvalue weighted by molar-refractivity contribution is 0.0871. The van der Waals surface area contributed by atoms with E-state index in [1.165, 1.54) is 0 Å². The molecule has 8 heteroatoms. The van der Waals surface area contributed by atoms with E-state index in [0.717, 1.165) is 16.9 Å². The quantitative estimate of drug-likeness (QED) is 0.288. The molecule has 0 aliphatic carbocycles. The topological polar surface area (TPSA) is 66.6 Å². The third-order valence-electron chi connectivity index (χ3n) is 5.79. The van der Waals surface area contributed by atoms with Crippen LogP contribution in [0.2, 0.25) is 18.1 Å². The van der Waals surface area contributed by atoms with E-state index in [-0.39, 0.29) is 22.1 Å². The van der Waals surface area contributed by atoms with Gasteiger partial charge in [-0.3, -0.25) is 4.79 Å². The van der Waals surface area contributed by atoms with Crippen molar-refractivity contribution in [3.63, 3.8) is 0 Å². The van der Waals surface area contributed by atoms with Crippen molar-refractivity contribution in [3.05, 3.63) is 47.1 Å². The SMILES string of the molecule is CC1=NN(C(=O)c2ccccc2)P2/C(=C(/O[Si](C)(C)C(C)(C)C)C(C)(C)C)N=NC12. The average molecular weight is 445 g/mol. The maximum Gasteiger partial charge on any atom is 0.277 e. The van der Waals surface area contributed by atoms with E-state index in [4.69, 9.17) is 4.43 Å². The van der Waals surface area contributed by atoms with Crippen LogP contribution in [0, 0.1) is 5.41 Å². The number of benzene rings is 1. The van der Waals surface area contributed by atoms with Crippen LogP contribution in [0.1, 0.15) is 58.8 Å². The van der Waals surface area contributed by atoms with Crippen LogP contribution in [0.4, 0.5) is 0 Å². The number of nitrogens with zero attached hydrogens (tertiary/aromatic N) is 4. The number of hydrogen-bond acceptors (Lipinski definition) is 5. The lowest BCUT2D eigenvalue weighted by atomic mass is 9.94. The lowest BCUT2D eigenvalue weighted by Gasteiger charge is -2.41. The van der Waals surface area contributed by atoms with E-state index in [2.05, 4.69) is 70.0 Å². The smallest absolute Gasteiger partial charge is 0.277 e. The van der Waals surface area contributed by atoms with Gasteiger partial charge in [-0.25, -0.2) is 0 Å². The monoisotopic (exact) mass is 444 g/mol. The van der Waals surface area contributed by atoms with E-state index < -0.39 is 16.4 Å². The molecule has 1 amide bonds. The van der Waals surface area contributed by atoms with Crippen molar-refractivity contribution in [3.8, 4) is 0 Å². The Morgan fingerprint density at radius 1 is 1.10 bits per heavy atom. The minimum absolute atomic E-state index is 0.0497. The summed E-state index contributed by atoms with van der Waals surface area (Å²) in [4.78, 5) is 13.3. The predicted octanol–water partition coefficient (Wildman–Crippen LogP) is 6.94. The molecule has 162 valence electrons. The number of amides is 1. The maximum atomic E-state index is 13.3. The highest BCUT2D eigenvalue weighted by Crippen LogP contribution is 2.64. The van der Waals surface area contributed by atoms with Crippen LogP contribution in [-0.4, -0.2) is 30.5 Å². The van der Waals surface area contributed by atoms with Gasteiger partial charge in [0.25, 0.3) is 5.91 Å². The maximum absolute atomic E-state index is 13.3. The molecule has 0 saturated carbocycles. The number of carbonyl (C=O) groups is 1. The fraction of sp³-hybridized carbons (Fsp3) is 0.545. The van der Waals surface area contributed by atoms with Crippen LogP contribution in [0.3, 0.4) is 0 Å². The minimum atomic E-state index is -2.11. The highest BCUT2D eigenvalue weighted by Gasteiger charge is 2.50. The third-order valence-corrected chi connectivity index (χ3v) is 12.5. The molecule has 1 aromatic rings. The van der Waals surface area contributed by atoms with E-state index in [0.29, 0.717) is 5.56 Å². The van der Waals surface area contributed by atoms with Crippen LogP contribution in [0.5, 0.6) is 0 Å². The zero-order chi connectivity index (χ0) is 22.5. The molecule has 0 spiro atoms. The fourth-order valence-electron chi connectivity index (χ4n) is 2.95. The van der Waals surface area contributed by atoms with Crippen LogP contribution >= 0.6 is 8.07 Å². The summed E-state index contributed by atoms with van der Waals surface area (Å²) in [5.41, 5.74) is 1.96. The van der Waals surface area contributed by atoms with Gasteiger partial charge >= 0.3 is 0 Å². The fourth-order valence-corrected chi connectivity index (χ4v) is 6.71. The summed E-state index contributed by atoms with van der Waals surface area (Å²) in [6.45, 7) is 19.5. The van der Waals surface area contributed by atoms with Gasteiger partial charge in [0.15, 0.2) is 5.78 Å². The van der Waals surface area contributed by atoms with Gasteiger partial charge in [-0.1, -0.05) is 59.7 Å². The Morgan fingerprint density at radius 3 is 2.23 bits per heavy atom. The Labute approximate surface area is 182 Å². The van der Waals surface area contributed by atoms with Gasteiger partial charge in [0.1, 0.15) is 19.3 Å². The standard InChI is InChI=1S/C22H33N4O2PSi/c1-15-18-23-24-19(17(21(2,3)4)28-30(8,9)22(5,6)7)29(18)26(25-15)20(27)16-13-11-10-12-14-16/h10-14,18H,1-9H3/b19-17+. The molecule has 30 heavy (non-hydrogen) atoms. The van der Waals surface area contributed by atoms with Gasteiger partial charge in [0.05, 0.1) is 5.71 Å². The molecule has 0 aromatic heterocycles. The average Bonchev–Trinajstić information content (AvgIpc) is 3.19. The van der Waals surface area contributed by atoms with Gasteiger partial charge in [0, 0.05) is 11.0 Å². The number of allylic oxidation sites excluding steroid dienone is 1. The molecule has 0 fully saturated rings. The van der Waals surface area contributed by atoms with Crippen molar-refractivity contribution in [1.29, 1.82) is 0 Å². The van der Waals surface area contributed by atoms with Crippen molar-refractivity contribution in [2.75, 3.05) is 0 Å². The minimum Gasteiger partial charge on any atom is -0.544 e. The number of fused-ring (bicyclic) bond motifs is 1. The molecule has 0 saturated heterocycles. The second-order valence-electron chi connectivity index (χ2n) is 10.4. The van der Waals surface area contributed by atoms with Crippen molar-refractivity contribution in [2.24, 2.45) is 20.7 Å². The Kier molecular flexibility index (Phi) is 5.85. The zero-order valence-corrected chi connectivity index (χ0v) is 21.4. The molecule has 0 N–H and O–H groups in total. The zero-order valence-electron chi connectivity index (χ0n) is 19.5. The Bertz CT molecular complexity index is 927. The molecule has 1 aromatic carbocycles. The summed E-state index contributed by atoms with van der Waals surface area (Å²) >= 11 is 0. The first-order valence-electron chi connectivity index (χ1n) is 10.3. The second-order valence-corrected chi connectivity index (χ2v) is 17.1. The van der Waals surface area contributed by atoms with Gasteiger partial charge in [-0.15, -0.1) is 5.11 Å². The van der Waals surface area contributed by atoms with Crippen LogP contribution in [0.25, 0.3) is 0 Å². The van der Waals surface area contributed by atoms with Crippen molar-refractivity contribution < 1.29 is 9.22 Å². The molecule has 0 radical (unpaired) electrons. The number of hydrazone groups is 1. The molecule has 2 aliphatic heterocycles. The number of carbonyl (C=O) groups excluding carboxylic acids is 1. The van der Waals surface area contributed by atoms with Crippen LogP contribution in [0.15, 0.2) is 56.9 Å². The Hall–Kier alpha value is -1.85. The molecule has 3 rings (SSSR count). The van der Waals surface area contributed by atoms with E-state index in [1.807, 2.05) is 37.3 Å². The van der Waals surface area contributed by atoms with Crippen molar-refractivity contribution in [1.82, 2.24) is 4.78 Å². The number of azo groups is 1. The summed E-state index contributed by atoms with van der Waals surface area (Å²) in [5, 5.41) is 13.8. The number of rotatable bonds is 3. The summed E-state index contributed by atoms with van der Waals surface area (Å²) in [5.74, 6) is 0.541. The highest BCUT2D eigenvalue weighted by atomic mass is 31.1. The molecule has 2 atom stereocenters. The molecule has 2 unspecified atom stereocenters. The van der Waals surface area contributed by atoms with Crippen molar-refractivity contribution in [2.45, 2.75) is 72.4 Å². The summed E-state index contributed by atoms with van der Waals surface area (Å²) in [6, 6.07) is 9.28. The molecular formula is C22H33N4O2PSi. The first-order valence-corrected chi connectivity index (χ1v) is 14.6. The first kappa shape index (κ1) is 22.8. The van der Waals surface area contributed by atoms with Gasteiger partial charge < -0.3 is 4.43 Å². The molecule has 2 aliphatic rings. The van der Waals surface area contributed by atoms with Crippen LogP contribution in [-0.2, 0) is 4.43 Å².